The second-order valence-electron chi connectivity index (χ2n) is 10.1. The molecular weight excluding hydrogens is 600 g/mol. The Labute approximate surface area is 265 Å². The van der Waals surface area contributed by atoms with E-state index in [1.807, 2.05) is 39.0 Å². The molecule has 4 rings (SSSR count). The lowest BCUT2D eigenvalue weighted by molar-refractivity contribution is -0.143. The molecule has 2 aromatic carbocycles. The molecule has 12 heteroatoms. The summed E-state index contributed by atoms with van der Waals surface area (Å²) in [6, 6.07) is 9.66. The maximum absolute atomic E-state index is 14.1. The summed E-state index contributed by atoms with van der Waals surface area (Å²) in [5.41, 5.74) is 1.64. The van der Waals surface area contributed by atoms with Gasteiger partial charge in [-0.15, -0.1) is 0 Å². The van der Waals surface area contributed by atoms with Crippen LogP contribution in [0.4, 0.5) is 0 Å². The normalized spacial score (nSPS) is 15.1. The highest BCUT2D eigenvalue weighted by Gasteiger charge is 2.34. The molecule has 240 valence electrons. The number of allylic oxidation sites excluding steroid dienone is 1. The van der Waals surface area contributed by atoms with E-state index in [2.05, 4.69) is 9.73 Å². The molecule has 3 aromatic rings. The summed E-state index contributed by atoms with van der Waals surface area (Å²) in [7, 11) is 2.84. The van der Waals surface area contributed by atoms with E-state index >= 15 is 0 Å². The van der Waals surface area contributed by atoms with Crippen LogP contribution in [0.2, 0.25) is 0 Å². The van der Waals surface area contributed by atoms with Gasteiger partial charge in [0, 0.05) is 0 Å². The van der Waals surface area contributed by atoms with Crippen LogP contribution in [-0.4, -0.2) is 56.6 Å². The lowest BCUT2D eigenvalue weighted by Gasteiger charge is -2.25. The number of carbonyl (C=O) groups excluding carboxylic acids is 2. The first-order valence-electron chi connectivity index (χ1n) is 14.7. The van der Waals surface area contributed by atoms with Gasteiger partial charge in [0.15, 0.2) is 34.4 Å². The molecular formula is C33H38N2O9S. The topological polar surface area (TPSA) is 124 Å². The highest BCUT2D eigenvalue weighted by Crippen LogP contribution is 2.36. The first-order chi connectivity index (χ1) is 21.6. The number of rotatable bonds is 13. The zero-order valence-corrected chi connectivity index (χ0v) is 27.3. The minimum Gasteiger partial charge on any atom is -0.493 e. The van der Waals surface area contributed by atoms with Crippen molar-refractivity contribution in [1.82, 2.24) is 4.57 Å². The molecule has 0 fully saturated rings. The molecule has 0 saturated heterocycles. The van der Waals surface area contributed by atoms with E-state index in [4.69, 9.17) is 23.7 Å². The van der Waals surface area contributed by atoms with Crippen LogP contribution >= 0.6 is 11.3 Å². The molecule has 0 aliphatic carbocycles. The van der Waals surface area contributed by atoms with Crippen molar-refractivity contribution in [3.63, 3.8) is 0 Å². The van der Waals surface area contributed by atoms with Crippen molar-refractivity contribution < 1.29 is 38.0 Å². The van der Waals surface area contributed by atoms with Gasteiger partial charge in [0.05, 0.1) is 55.4 Å². The third kappa shape index (κ3) is 7.39. The van der Waals surface area contributed by atoms with Crippen molar-refractivity contribution in [2.75, 3.05) is 34.0 Å². The Balaban J connectivity index is 1.86. The summed E-state index contributed by atoms with van der Waals surface area (Å²) < 4.78 is 35.0. The standard InChI is InChI=1S/C33H38N2O9S/c1-8-19(4)44-24-13-11-21(15-25(24)39-6)16-27-31(37)35-30(29(32(38)42-10-3)20(5)34-33(35)45-27)22-12-14-23(26(17-22)41-9-2)43-18-28(36)40-7/h11-17,19,30H,8-10,18H2,1-7H3/b27-16-/t19-,30-/m1/s1. The summed E-state index contributed by atoms with van der Waals surface area (Å²) in [5, 5.41) is 0. The first-order valence-corrected chi connectivity index (χ1v) is 15.5. The third-order valence-electron chi connectivity index (χ3n) is 7.06. The number of esters is 2. The number of aromatic nitrogens is 1. The zero-order valence-electron chi connectivity index (χ0n) is 26.5. The number of thiazole rings is 1. The van der Waals surface area contributed by atoms with Gasteiger partial charge in [-0.1, -0.05) is 30.4 Å². The van der Waals surface area contributed by atoms with Crippen LogP contribution in [0.15, 0.2) is 57.5 Å². The molecule has 0 N–H and O–H groups in total. The van der Waals surface area contributed by atoms with E-state index in [1.165, 1.54) is 23.0 Å². The van der Waals surface area contributed by atoms with Crippen LogP contribution in [0, 0.1) is 0 Å². The Morgan fingerprint density at radius 3 is 2.42 bits per heavy atom. The van der Waals surface area contributed by atoms with E-state index in [-0.39, 0.29) is 30.5 Å². The van der Waals surface area contributed by atoms with Gasteiger partial charge in [-0.05, 0) is 75.6 Å². The predicted octanol–water partition coefficient (Wildman–Crippen LogP) is 3.93. The molecule has 45 heavy (non-hydrogen) atoms. The maximum atomic E-state index is 14.1. The van der Waals surface area contributed by atoms with Crippen LogP contribution < -0.4 is 33.8 Å². The molecule has 0 saturated carbocycles. The zero-order chi connectivity index (χ0) is 32.7. The van der Waals surface area contributed by atoms with E-state index in [0.29, 0.717) is 50.2 Å². The molecule has 2 atom stereocenters. The predicted molar refractivity (Wildman–Crippen MR) is 169 cm³/mol. The second kappa shape index (κ2) is 14.9. The Morgan fingerprint density at radius 1 is 1.00 bits per heavy atom. The molecule has 0 bridgehead atoms. The highest BCUT2D eigenvalue weighted by atomic mass is 32.1. The van der Waals surface area contributed by atoms with Gasteiger partial charge in [0.2, 0.25) is 0 Å². The molecule has 1 aromatic heterocycles. The summed E-state index contributed by atoms with van der Waals surface area (Å²) in [4.78, 5) is 44.1. The van der Waals surface area contributed by atoms with E-state index in [9.17, 15) is 14.4 Å². The fourth-order valence-corrected chi connectivity index (χ4v) is 5.75. The van der Waals surface area contributed by atoms with Crippen molar-refractivity contribution in [2.45, 2.75) is 53.2 Å². The van der Waals surface area contributed by atoms with Gasteiger partial charge in [-0.2, -0.15) is 0 Å². The Morgan fingerprint density at radius 2 is 1.76 bits per heavy atom. The average Bonchev–Trinajstić information content (AvgIpc) is 3.33. The van der Waals surface area contributed by atoms with Crippen LogP contribution in [0.25, 0.3) is 6.08 Å². The Hall–Kier alpha value is -4.58. The highest BCUT2D eigenvalue weighted by molar-refractivity contribution is 7.07. The molecule has 11 nitrogen and oxygen atoms in total. The number of methoxy groups -OCH3 is 2. The SMILES string of the molecule is CCOC(=O)C1=C(C)N=c2s/c(=C\c3ccc(O[C@H](C)CC)c(OC)c3)c(=O)n2[C@@H]1c1ccc(OCC(=O)OC)c(OCC)c1. The number of hydrogen-bond donors (Lipinski definition) is 0. The quantitative estimate of drug-likeness (QED) is 0.256. The average molecular weight is 639 g/mol. The summed E-state index contributed by atoms with van der Waals surface area (Å²) in [5.74, 6) is 0.685. The largest absolute Gasteiger partial charge is 0.493 e. The summed E-state index contributed by atoms with van der Waals surface area (Å²) in [6.07, 6.45) is 2.62. The molecule has 0 unspecified atom stereocenters. The number of hydrogen-bond acceptors (Lipinski definition) is 11. The van der Waals surface area contributed by atoms with Gasteiger partial charge < -0.3 is 28.4 Å². The number of fused-ring (bicyclic) bond motifs is 1. The van der Waals surface area contributed by atoms with Gasteiger partial charge in [0.25, 0.3) is 5.56 Å². The fraction of sp³-hybridized carbons (Fsp3) is 0.394. The molecule has 0 spiro atoms. The van der Waals surface area contributed by atoms with Crippen LogP contribution in [0.5, 0.6) is 23.0 Å². The lowest BCUT2D eigenvalue weighted by atomic mass is 9.95. The minimum atomic E-state index is -0.864. The number of ether oxygens (including phenoxy) is 6. The van der Waals surface area contributed by atoms with Crippen molar-refractivity contribution in [3.05, 3.63) is 78.5 Å². The lowest BCUT2D eigenvalue weighted by Crippen LogP contribution is -2.40. The first kappa shape index (κ1) is 33.3. The van der Waals surface area contributed by atoms with E-state index in [1.54, 1.807) is 45.2 Å². The van der Waals surface area contributed by atoms with Crippen LogP contribution in [0.3, 0.4) is 0 Å². The smallest absolute Gasteiger partial charge is 0.343 e. The number of benzene rings is 2. The number of nitrogens with zero attached hydrogens (tertiary/aromatic N) is 2. The monoisotopic (exact) mass is 638 g/mol. The van der Waals surface area contributed by atoms with Crippen molar-refractivity contribution in [3.8, 4) is 23.0 Å². The van der Waals surface area contributed by atoms with Gasteiger partial charge in [-0.25, -0.2) is 14.6 Å². The maximum Gasteiger partial charge on any atom is 0.343 e. The molecule has 0 radical (unpaired) electrons. The Bertz CT molecular complexity index is 1770. The fourth-order valence-electron chi connectivity index (χ4n) is 4.71. The van der Waals surface area contributed by atoms with Gasteiger partial charge >= 0.3 is 11.9 Å². The third-order valence-corrected chi connectivity index (χ3v) is 8.05. The van der Waals surface area contributed by atoms with Crippen molar-refractivity contribution in [2.24, 2.45) is 4.99 Å². The van der Waals surface area contributed by atoms with Crippen LogP contribution in [0.1, 0.15) is 58.2 Å². The molecule has 1 aliphatic rings. The van der Waals surface area contributed by atoms with Gasteiger partial charge in [-0.3, -0.25) is 9.36 Å². The second-order valence-corrected chi connectivity index (χ2v) is 11.1. The van der Waals surface area contributed by atoms with E-state index in [0.717, 1.165) is 12.0 Å². The summed E-state index contributed by atoms with van der Waals surface area (Å²) >= 11 is 1.21. The number of carbonyl (C=O) groups is 2. The van der Waals surface area contributed by atoms with Crippen molar-refractivity contribution in [1.29, 1.82) is 0 Å². The molecule has 2 heterocycles. The molecule has 0 amide bonds. The van der Waals surface area contributed by atoms with Crippen molar-refractivity contribution >= 4 is 29.4 Å². The van der Waals surface area contributed by atoms with Crippen LogP contribution in [-0.2, 0) is 19.1 Å². The van der Waals surface area contributed by atoms with Gasteiger partial charge in [0.1, 0.15) is 0 Å². The Kier molecular flexibility index (Phi) is 11.1. The summed E-state index contributed by atoms with van der Waals surface area (Å²) in [6.45, 7) is 9.41. The van der Waals surface area contributed by atoms with E-state index < -0.39 is 18.0 Å². The molecule has 1 aliphatic heterocycles. The minimum absolute atomic E-state index is 0.0157.